The number of methoxy groups -OCH3 is 1. The summed E-state index contributed by atoms with van der Waals surface area (Å²) in [6.07, 6.45) is 4.89. The zero-order chi connectivity index (χ0) is 19.8. The third-order valence-electron chi connectivity index (χ3n) is 3.69. The highest BCUT2D eigenvalue weighted by molar-refractivity contribution is 6.17. The van der Waals surface area contributed by atoms with E-state index in [2.05, 4.69) is 10.4 Å². The Morgan fingerprint density at radius 2 is 2.15 bits per heavy atom. The topological polar surface area (TPSA) is 105 Å². The minimum atomic E-state index is -1.35. The Balaban J connectivity index is 2.31. The van der Waals surface area contributed by atoms with Gasteiger partial charge in [0.25, 0.3) is 5.91 Å². The van der Waals surface area contributed by atoms with Crippen molar-refractivity contribution in [2.24, 2.45) is 0 Å². The number of imidazole rings is 1. The van der Waals surface area contributed by atoms with Crippen LogP contribution in [0.15, 0.2) is 36.3 Å². The summed E-state index contributed by atoms with van der Waals surface area (Å²) in [5.74, 6) is 0.469. The standard InChI is InChI=1S/C18H21ClN4O4/c1-12-10-23(11-20-12)15-6-5-13(9-16(15)27-2)8-14(4-3-7-19)17(24)21-22-18(25)26/h5-6,8-11,22H,3-4,7H2,1-2H3,(H,21,24)(H,25,26)/b14-8+. The number of hydrogen-bond donors (Lipinski definition) is 3. The van der Waals surface area contributed by atoms with Gasteiger partial charge in [-0.2, -0.15) is 0 Å². The van der Waals surface area contributed by atoms with Gasteiger partial charge in [0.2, 0.25) is 0 Å². The zero-order valence-electron chi connectivity index (χ0n) is 15.0. The number of benzene rings is 1. The first-order valence-corrected chi connectivity index (χ1v) is 8.73. The number of hydrogen-bond acceptors (Lipinski definition) is 4. The summed E-state index contributed by atoms with van der Waals surface area (Å²) in [5.41, 5.74) is 6.82. The second-order valence-corrected chi connectivity index (χ2v) is 6.08. The first-order valence-electron chi connectivity index (χ1n) is 8.19. The molecule has 0 aliphatic carbocycles. The molecule has 8 nitrogen and oxygen atoms in total. The van der Waals surface area contributed by atoms with Gasteiger partial charge in [-0.1, -0.05) is 6.07 Å². The smallest absolute Gasteiger partial charge is 0.423 e. The Bertz CT molecular complexity index is 848. The Labute approximate surface area is 161 Å². The lowest BCUT2D eigenvalue weighted by Crippen LogP contribution is -2.41. The van der Waals surface area contributed by atoms with Gasteiger partial charge in [-0.05, 0) is 43.5 Å². The predicted molar refractivity (Wildman–Crippen MR) is 102 cm³/mol. The molecule has 0 fully saturated rings. The summed E-state index contributed by atoms with van der Waals surface area (Å²) in [4.78, 5) is 27.0. The van der Waals surface area contributed by atoms with Crippen molar-refractivity contribution in [1.29, 1.82) is 0 Å². The van der Waals surface area contributed by atoms with Crippen LogP contribution in [0.5, 0.6) is 5.75 Å². The molecule has 1 aromatic heterocycles. The summed E-state index contributed by atoms with van der Waals surface area (Å²) < 4.78 is 7.31. The van der Waals surface area contributed by atoms with Gasteiger partial charge >= 0.3 is 6.09 Å². The lowest BCUT2D eigenvalue weighted by molar-refractivity contribution is -0.118. The lowest BCUT2D eigenvalue weighted by Gasteiger charge is -2.11. The van der Waals surface area contributed by atoms with Crippen LogP contribution in [0.4, 0.5) is 4.79 Å². The molecule has 0 aliphatic rings. The molecule has 0 bridgehead atoms. The quantitative estimate of drug-likeness (QED) is 0.381. The van der Waals surface area contributed by atoms with Crippen LogP contribution in [0, 0.1) is 6.92 Å². The second kappa shape index (κ2) is 9.63. The van der Waals surface area contributed by atoms with E-state index in [1.807, 2.05) is 35.2 Å². The first kappa shape index (κ1) is 20.3. The van der Waals surface area contributed by atoms with Gasteiger partial charge in [-0.3, -0.25) is 10.2 Å². The summed E-state index contributed by atoms with van der Waals surface area (Å²) in [6.45, 7) is 1.90. The van der Waals surface area contributed by atoms with Crippen LogP contribution in [0.3, 0.4) is 0 Å². The Kier molecular flexibility index (Phi) is 7.25. The molecule has 2 rings (SSSR count). The molecule has 2 amide bonds. The number of hydrazine groups is 1. The number of ether oxygens (including phenoxy) is 1. The highest BCUT2D eigenvalue weighted by Gasteiger charge is 2.12. The van der Waals surface area contributed by atoms with Crippen LogP contribution in [0.25, 0.3) is 11.8 Å². The third kappa shape index (κ3) is 5.75. The maximum atomic E-state index is 12.2. The molecule has 0 atom stereocenters. The van der Waals surface area contributed by atoms with Gasteiger partial charge in [0.1, 0.15) is 5.75 Å². The van der Waals surface area contributed by atoms with Gasteiger partial charge in [0.15, 0.2) is 0 Å². The highest BCUT2D eigenvalue weighted by atomic mass is 35.5. The molecule has 144 valence electrons. The van der Waals surface area contributed by atoms with Gasteiger partial charge in [-0.25, -0.2) is 15.2 Å². The predicted octanol–water partition coefficient (Wildman–Crippen LogP) is 2.89. The number of aromatic nitrogens is 2. The summed E-state index contributed by atoms with van der Waals surface area (Å²) in [5, 5.41) is 8.63. The Morgan fingerprint density at radius 1 is 1.37 bits per heavy atom. The van der Waals surface area contributed by atoms with Crippen molar-refractivity contribution in [3.8, 4) is 11.4 Å². The van der Waals surface area contributed by atoms with Crippen LogP contribution < -0.4 is 15.6 Å². The molecule has 0 radical (unpaired) electrons. The number of nitrogens with zero attached hydrogens (tertiary/aromatic N) is 2. The van der Waals surface area contributed by atoms with Crippen molar-refractivity contribution in [2.75, 3.05) is 13.0 Å². The monoisotopic (exact) mass is 392 g/mol. The summed E-state index contributed by atoms with van der Waals surface area (Å²) in [6, 6.07) is 5.49. The molecular weight excluding hydrogens is 372 g/mol. The number of amides is 2. The maximum Gasteiger partial charge on any atom is 0.423 e. The number of halogens is 1. The SMILES string of the molecule is COc1cc(/C=C(\CCCCl)C(=O)NNC(=O)O)ccc1-n1cnc(C)c1. The number of nitrogens with one attached hydrogen (secondary N) is 2. The van der Waals surface area contributed by atoms with E-state index in [4.69, 9.17) is 21.4 Å². The van der Waals surface area contributed by atoms with E-state index in [-0.39, 0.29) is 0 Å². The summed E-state index contributed by atoms with van der Waals surface area (Å²) in [7, 11) is 1.56. The molecule has 0 saturated carbocycles. The fourth-order valence-corrected chi connectivity index (χ4v) is 2.58. The highest BCUT2D eigenvalue weighted by Crippen LogP contribution is 2.26. The number of aryl methyl sites for hydroxylation is 1. The summed E-state index contributed by atoms with van der Waals surface area (Å²) >= 11 is 5.72. The van der Waals surface area contributed by atoms with Crippen molar-refractivity contribution in [1.82, 2.24) is 20.4 Å². The van der Waals surface area contributed by atoms with Gasteiger partial charge in [0.05, 0.1) is 24.8 Å². The van der Waals surface area contributed by atoms with Gasteiger partial charge in [0, 0.05) is 17.6 Å². The number of carbonyl (C=O) groups excluding carboxylic acids is 1. The normalized spacial score (nSPS) is 11.1. The third-order valence-corrected chi connectivity index (χ3v) is 3.96. The average Bonchev–Trinajstić information content (AvgIpc) is 3.08. The first-order chi connectivity index (χ1) is 12.9. The van der Waals surface area contributed by atoms with Gasteiger partial charge < -0.3 is 14.4 Å². The van der Waals surface area contributed by atoms with E-state index in [0.717, 1.165) is 16.9 Å². The molecule has 0 unspecified atom stereocenters. The molecule has 3 N–H and O–H groups in total. The number of carbonyl (C=O) groups is 2. The Hall–Kier alpha value is -3.00. The molecule has 9 heteroatoms. The molecule has 0 spiro atoms. The van der Waals surface area contributed by atoms with Crippen LogP contribution >= 0.6 is 11.6 Å². The average molecular weight is 393 g/mol. The molecule has 0 aliphatic heterocycles. The van der Waals surface area contributed by atoms with E-state index in [9.17, 15) is 9.59 Å². The fraction of sp³-hybridized carbons (Fsp3) is 0.278. The fourth-order valence-electron chi connectivity index (χ4n) is 2.45. The van der Waals surface area contributed by atoms with Crippen LogP contribution in [0.2, 0.25) is 0 Å². The molecule has 2 aromatic rings. The van der Waals surface area contributed by atoms with Gasteiger partial charge in [-0.15, -0.1) is 11.6 Å². The number of carboxylic acid groups (broad SMARTS) is 1. The van der Waals surface area contributed by atoms with E-state index >= 15 is 0 Å². The van der Waals surface area contributed by atoms with Crippen molar-refractivity contribution in [2.45, 2.75) is 19.8 Å². The molecule has 0 saturated heterocycles. The van der Waals surface area contributed by atoms with Crippen molar-refractivity contribution < 1.29 is 19.4 Å². The number of alkyl halides is 1. The second-order valence-electron chi connectivity index (χ2n) is 5.70. The van der Waals surface area contributed by atoms with Crippen LogP contribution in [0.1, 0.15) is 24.1 Å². The molecule has 27 heavy (non-hydrogen) atoms. The molecule has 1 heterocycles. The van der Waals surface area contributed by atoms with Crippen LogP contribution in [-0.2, 0) is 4.79 Å². The molecule has 1 aromatic carbocycles. The lowest BCUT2D eigenvalue weighted by atomic mass is 10.1. The van der Waals surface area contributed by atoms with Crippen molar-refractivity contribution >= 4 is 29.7 Å². The maximum absolute atomic E-state index is 12.2. The minimum Gasteiger partial charge on any atom is -0.495 e. The minimum absolute atomic E-state index is 0.388. The van der Waals surface area contributed by atoms with E-state index in [1.165, 1.54) is 0 Å². The Morgan fingerprint density at radius 3 is 2.74 bits per heavy atom. The zero-order valence-corrected chi connectivity index (χ0v) is 15.8. The van der Waals surface area contributed by atoms with Crippen molar-refractivity contribution in [3.63, 3.8) is 0 Å². The van der Waals surface area contributed by atoms with Crippen molar-refractivity contribution in [3.05, 3.63) is 47.6 Å². The van der Waals surface area contributed by atoms with E-state index < -0.39 is 12.0 Å². The largest absolute Gasteiger partial charge is 0.495 e. The number of rotatable bonds is 7. The molecular formula is C18H21ClN4O4. The van der Waals surface area contributed by atoms with E-state index in [0.29, 0.717) is 30.0 Å². The van der Waals surface area contributed by atoms with Crippen LogP contribution in [-0.4, -0.2) is 39.6 Å². The van der Waals surface area contributed by atoms with E-state index in [1.54, 1.807) is 25.6 Å².